The van der Waals surface area contributed by atoms with Crippen LogP contribution in [0.4, 0.5) is 5.82 Å². The van der Waals surface area contributed by atoms with Gasteiger partial charge in [0.1, 0.15) is 11.6 Å². The van der Waals surface area contributed by atoms with Crippen molar-refractivity contribution < 1.29 is 4.74 Å². The Balaban J connectivity index is 1.74. The van der Waals surface area contributed by atoms with Gasteiger partial charge in [0.25, 0.3) is 0 Å². The molecular weight excluding hydrogens is 240 g/mol. The van der Waals surface area contributed by atoms with Crippen molar-refractivity contribution in [3.63, 3.8) is 0 Å². The Labute approximate surface area is 112 Å². The predicted octanol–water partition coefficient (Wildman–Crippen LogP) is 2.37. The van der Waals surface area contributed by atoms with Crippen LogP contribution in [0.2, 0.25) is 0 Å². The van der Waals surface area contributed by atoms with Crippen molar-refractivity contribution in [3.05, 3.63) is 42.0 Å². The molecular formula is C14H16N4O. The first-order valence-electron chi connectivity index (χ1n) is 6.41. The molecule has 0 saturated heterocycles. The van der Waals surface area contributed by atoms with Crippen LogP contribution in [0.15, 0.2) is 30.6 Å². The Kier molecular flexibility index (Phi) is 3.27. The summed E-state index contributed by atoms with van der Waals surface area (Å²) in [5.74, 6) is 2.81. The summed E-state index contributed by atoms with van der Waals surface area (Å²) < 4.78 is 5.22. The molecule has 1 aliphatic carbocycles. The summed E-state index contributed by atoms with van der Waals surface area (Å²) in [5, 5.41) is 3.29. The number of nitrogens with one attached hydrogen (secondary N) is 1. The highest BCUT2D eigenvalue weighted by atomic mass is 16.5. The molecule has 0 aliphatic heterocycles. The van der Waals surface area contributed by atoms with Crippen molar-refractivity contribution in [2.45, 2.75) is 25.3 Å². The molecule has 98 valence electrons. The second-order valence-electron chi connectivity index (χ2n) is 4.64. The van der Waals surface area contributed by atoms with Crippen molar-refractivity contribution in [1.82, 2.24) is 15.0 Å². The van der Waals surface area contributed by atoms with Gasteiger partial charge in [-0.25, -0.2) is 4.98 Å². The maximum absolute atomic E-state index is 5.22. The maximum Gasteiger partial charge on any atom is 0.218 e. The van der Waals surface area contributed by atoms with Gasteiger partial charge >= 0.3 is 0 Å². The maximum atomic E-state index is 5.22. The number of nitrogens with zero attached hydrogens (tertiary/aromatic N) is 3. The van der Waals surface area contributed by atoms with E-state index in [1.807, 2.05) is 24.4 Å². The Morgan fingerprint density at radius 2 is 2.26 bits per heavy atom. The zero-order chi connectivity index (χ0) is 13.1. The Morgan fingerprint density at radius 3 is 2.95 bits per heavy atom. The van der Waals surface area contributed by atoms with Gasteiger partial charge in [-0.1, -0.05) is 6.07 Å². The molecule has 2 heterocycles. The van der Waals surface area contributed by atoms with Crippen LogP contribution < -0.4 is 10.1 Å². The summed E-state index contributed by atoms with van der Waals surface area (Å²) in [7, 11) is 1.63. The third-order valence-electron chi connectivity index (χ3n) is 3.07. The minimum Gasteiger partial charge on any atom is -0.481 e. The molecule has 0 unspecified atom stereocenters. The topological polar surface area (TPSA) is 59.9 Å². The van der Waals surface area contributed by atoms with Gasteiger partial charge in [-0.15, -0.1) is 0 Å². The monoisotopic (exact) mass is 256 g/mol. The molecule has 0 atom stereocenters. The Hall–Kier alpha value is -2.17. The van der Waals surface area contributed by atoms with Crippen molar-refractivity contribution in [3.8, 4) is 5.88 Å². The Morgan fingerprint density at radius 1 is 1.37 bits per heavy atom. The van der Waals surface area contributed by atoms with Crippen LogP contribution in [0, 0.1) is 0 Å². The van der Waals surface area contributed by atoms with Crippen molar-refractivity contribution in [2.75, 3.05) is 12.4 Å². The summed E-state index contributed by atoms with van der Waals surface area (Å²) in [6.07, 6.45) is 5.96. The predicted molar refractivity (Wildman–Crippen MR) is 72.1 cm³/mol. The van der Waals surface area contributed by atoms with Gasteiger partial charge in [0.15, 0.2) is 0 Å². The van der Waals surface area contributed by atoms with Crippen molar-refractivity contribution >= 4 is 5.82 Å². The van der Waals surface area contributed by atoms with Gasteiger partial charge in [-0.3, -0.25) is 4.98 Å². The smallest absolute Gasteiger partial charge is 0.218 e. The molecule has 1 N–H and O–H groups in total. The zero-order valence-electron chi connectivity index (χ0n) is 10.8. The van der Waals surface area contributed by atoms with Crippen LogP contribution in [0.1, 0.15) is 30.1 Å². The molecule has 2 aromatic rings. The lowest BCUT2D eigenvalue weighted by molar-refractivity contribution is 0.395. The van der Waals surface area contributed by atoms with Crippen LogP contribution in [0.5, 0.6) is 5.88 Å². The molecule has 0 radical (unpaired) electrons. The van der Waals surface area contributed by atoms with Gasteiger partial charge in [0, 0.05) is 30.9 Å². The third kappa shape index (κ3) is 2.99. The molecule has 0 amide bonds. The van der Waals surface area contributed by atoms with E-state index in [4.69, 9.17) is 4.74 Å². The van der Waals surface area contributed by atoms with Crippen LogP contribution >= 0.6 is 0 Å². The van der Waals surface area contributed by atoms with E-state index in [0.717, 1.165) is 17.2 Å². The number of hydrogen-bond acceptors (Lipinski definition) is 5. The number of rotatable bonds is 5. The van der Waals surface area contributed by atoms with Gasteiger partial charge in [-0.2, -0.15) is 4.98 Å². The SMILES string of the molecule is COc1cc(NCc2cccnc2)nc(C2CC2)n1. The van der Waals surface area contributed by atoms with E-state index in [1.54, 1.807) is 13.3 Å². The number of hydrogen-bond donors (Lipinski definition) is 1. The fraction of sp³-hybridized carbons (Fsp3) is 0.357. The lowest BCUT2D eigenvalue weighted by atomic mass is 10.3. The van der Waals surface area contributed by atoms with E-state index in [1.165, 1.54) is 12.8 Å². The fourth-order valence-corrected chi connectivity index (χ4v) is 1.86. The van der Waals surface area contributed by atoms with E-state index in [0.29, 0.717) is 18.3 Å². The minimum atomic E-state index is 0.508. The molecule has 2 aromatic heterocycles. The van der Waals surface area contributed by atoms with Gasteiger partial charge < -0.3 is 10.1 Å². The highest BCUT2D eigenvalue weighted by Crippen LogP contribution is 2.39. The average molecular weight is 256 g/mol. The quantitative estimate of drug-likeness (QED) is 0.890. The molecule has 1 aliphatic rings. The number of methoxy groups -OCH3 is 1. The molecule has 5 heteroatoms. The summed E-state index contributed by atoms with van der Waals surface area (Å²) in [6.45, 7) is 0.693. The van der Waals surface area contributed by atoms with Gasteiger partial charge in [-0.05, 0) is 24.5 Å². The lowest BCUT2D eigenvalue weighted by Gasteiger charge is -2.09. The first-order chi connectivity index (χ1) is 9.35. The molecule has 1 saturated carbocycles. The first kappa shape index (κ1) is 11.9. The number of aromatic nitrogens is 3. The summed E-state index contributed by atoms with van der Waals surface area (Å²) >= 11 is 0. The fourth-order valence-electron chi connectivity index (χ4n) is 1.86. The van der Waals surface area contributed by atoms with Crippen molar-refractivity contribution in [2.24, 2.45) is 0 Å². The molecule has 1 fully saturated rings. The van der Waals surface area contributed by atoms with E-state index in [9.17, 15) is 0 Å². The van der Waals surface area contributed by atoms with Crippen LogP contribution in [-0.2, 0) is 6.54 Å². The molecule has 0 spiro atoms. The first-order valence-corrected chi connectivity index (χ1v) is 6.41. The third-order valence-corrected chi connectivity index (χ3v) is 3.07. The van der Waals surface area contributed by atoms with E-state index < -0.39 is 0 Å². The molecule has 0 bridgehead atoms. The molecule has 3 rings (SSSR count). The molecule has 19 heavy (non-hydrogen) atoms. The molecule has 0 aromatic carbocycles. The van der Waals surface area contributed by atoms with E-state index in [2.05, 4.69) is 20.3 Å². The summed E-state index contributed by atoms with van der Waals surface area (Å²) in [6, 6.07) is 5.77. The van der Waals surface area contributed by atoms with Crippen LogP contribution in [-0.4, -0.2) is 22.1 Å². The van der Waals surface area contributed by atoms with E-state index in [-0.39, 0.29) is 0 Å². The highest BCUT2D eigenvalue weighted by molar-refractivity contribution is 5.40. The van der Waals surface area contributed by atoms with Crippen molar-refractivity contribution in [1.29, 1.82) is 0 Å². The van der Waals surface area contributed by atoms with Crippen LogP contribution in [0.25, 0.3) is 0 Å². The van der Waals surface area contributed by atoms with Gasteiger partial charge in [0.05, 0.1) is 7.11 Å². The van der Waals surface area contributed by atoms with E-state index >= 15 is 0 Å². The highest BCUT2D eigenvalue weighted by Gasteiger charge is 2.27. The number of pyridine rings is 1. The number of ether oxygens (including phenoxy) is 1. The molecule has 5 nitrogen and oxygen atoms in total. The largest absolute Gasteiger partial charge is 0.481 e. The Bertz CT molecular complexity index is 555. The normalized spacial score (nSPS) is 14.2. The average Bonchev–Trinajstić information content (AvgIpc) is 3.30. The van der Waals surface area contributed by atoms with Gasteiger partial charge in [0.2, 0.25) is 5.88 Å². The summed E-state index contributed by atoms with van der Waals surface area (Å²) in [4.78, 5) is 13.0. The lowest BCUT2D eigenvalue weighted by Crippen LogP contribution is -2.05. The number of anilines is 1. The standard InChI is InChI=1S/C14H16N4O/c1-19-13-7-12(17-14(18-13)11-4-5-11)16-9-10-3-2-6-15-8-10/h2-3,6-8,11H,4-5,9H2,1H3,(H,16,17,18). The minimum absolute atomic E-state index is 0.508. The second-order valence-corrected chi connectivity index (χ2v) is 4.64. The summed E-state index contributed by atoms with van der Waals surface area (Å²) in [5.41, 5.74) is 1.12. The second kappa shape index (κ2) is 5.22. The van der Waals surface area contributed by atoms with Crippen LogP contribution in [0.3, 0.4) is 0 Å². The zero-order valence-corrected chi connectivity index (χ0v) is 10.8.